The van der Waals surface area contributed by atoms with E-state index in [9.17, 15) is 9.59 Å². The zero-order valence-corrected chi connectivity index (χ0v) is 18.3. The Kier molecular flexibility index (Phi) is 6.64. The molecule has 0 saturated heterocycles. The number of anilines is 1. The zero-order valence-electron chi connectivity index (χ0n) is 13.9. The van der Waals surface area contributed by atoms with Crippen LogP contribution < -0.4 is 4.90 Å². The summed E-state index contributed by atoms with van der Waals surface area (Å²) in [5.41, 5.74) is -1.49. The van der Waals surface area contributed by atoms with Gasteiger partial charge in [0.1, 0.15) is 11.2 Å². The lowest BCUT2D eigenvalue weighted by atomic mass is 10.2. The lowest BCUT2D eigenvalue weighted by Crippen LogP contribution is -2.44. The number of aromatic nitrogens is 1. The third-order valence-corrected chi connectivity index (χ3v) is 3.54. The minimum Gasteiger partial charge on any atom is -0.443 e. The predicted octanol–water partition coefficient (Wildman–Crippen LogP) is 4.97. The van der Waals surface area contributed by atoms with Gasteiger partial charge in [-0.3, -0.25) is 0 Å². The van der Waals surface area contributed by atoms with Crippen LogP contribution in [0.4, 0.5) is 15.4 Å². The van der Waals surface area contributed by atoms with Gasteiger partial charge in [-0.25, -0.2) is 14.6 Å². The summed E-state index contributed by atoms with van der Waals surface area (Å²) in [7, 11) is 0. The van der Waals surface area contributed by atoms with Crippen LogP contribution in [0.1, 0.15) is 41.5 Å². The van der Waals surface area contributed by atoms with Crippen LogP contribution in [0.5, 0.6) is 0 Å². The minimum absolute atomic E-state index is 0.189. The molecule has 128 valence electrons. The summed E-state index contributed by atoms with van der Waals surface area (Å²) in [6.07, 6.45) is -0.0727. The second kappa shape index (κ2) is 7.49. The molecule has 0 bridgehead atoms. The van der Waals surface area contributed by atoms with Gasteiger partial charge in [0.15, 0.2) is 5.82 Å². The van der Waals surface area contributed by atoms with Gasteiger partial charge in [-0.05, 0) is 92.8 Å². The van der Waals surface area contributed by atoms with Gasteiger partial charge in [-0.1, -0.05) is 0 Å². The molecule has 0 fully saturated rings. The van der Waals surface area contributed by atoms with Gasteiger partial charge in [0.2, 0.25) is 0 Å². The quantitative estimate of drug-likeness (QED) is 0.466. The Morgan fingerprint density at radius 1 is 1.00 bits per heavy atom. The van der Waals surface area contributed by atoms with Crippen molar-refractivity contribution in [3.63, 3.8) is 0 Å². The summed E-state index contributed by atoms with van der Waals surface area (Å²) in [6, 6.07) is 1.81. The molecule has 0 aliphatic heterocycles. The summed E-state index contributed by atoms with van der Waals surface area (Å²) in [5, 5.41) is 0. The first-order valence-electron chi connectivity index (χ1n) is 6.87. The van der Waals surface area contributed by atoms with E-state index in [2.05, 4.69) is 27.6 Å². The van der Waals surface area contributed by atoms with Crippen molar-refractivity contribution in [3.05, 3.63) is 19.4 Å². The number of halogens is 2. The highest BCUT2D eigenvalue weighted by Crippen LogP contribution is 2.25. The van der Waals surface area contributed by atoms with Gasteiger partial charge in [-0.15, -0.1) is 0 Å². The second-order valence-corrected chi connectivity index (χ2v) is 9.16. The summed E-state index contributed by atoms with van der Waals surface area (Å²) >= 11 is 4.12. The van der Waals surface area contributed by atoms with Crippen molar-refractivity contribution in [2.24, 2.45) is 0 Å². The number of imide groups is 1. The van der Waals surface area contributed by atoms with Gasteiger partial charge >= 0.3 is 12.2 Å². The Hall–Kier alpha value is -0.650. The number of rotatable bonds is 1. The molecule has 1 aromatic heterocycles. The highest BCUT2D eigenvalue weighted by Gasteiger charge is 2.34. The van der Waals surface area contributed by atoms with Gasteiger partial charge in [0, 0.05) is 9.77 Å². The topological polar surface area (TPSA) is 68.7 Å². The molecule has 8 heteroatoms. The average Bonchev–Trinajstić information content (AvgIpc) is 2.27. The molecule has 23 heavy (non-hydrogen) atoms. The molecule has 0 N–H and O–H groups in total. The smallest absolute Gasteiger partial charge is 0.425 e. The van der Waals surface area contributed by atoms with Gasteiger partial charge in [0.25, 0.3) is 0 Å². The number of hydrogen-bond donors (Lipinski definition) is 0. The molecule has 1 heterocycles. The molecule has 6 nitrogen and oxygen atoms in total. The zero-order chi connectivity index (χ0) is 18.0. The number of carbonyl (C=O) groups is 2. The molecular formula is C15H20I2N2O4. The third kappa shape index (κ3) is 6.77. The van der Waals surface area contributed by atoms with Crippen LogP contribution in [-0.4, -0.2) is 28.4 Å². The van der Waals surface area contributed by atoms with Gasteiger partial charge in [-0.2, -0.15) is 4.90 Å². The van der Waals surface area contributed by atoms with E-state index in [-0.39, 0.29) is 5.82 Å². The summed E-state index contributed by atoms with van der Waals surface area (Å²) < 4.78 is 12.2. The summed E-state index contributed by atoms with van der Waals surface area (Å²) in [6.45, 7) is 10.4. The molecular weight excluding hydrogens is 526 g/mol. The van der Waals surface area contributed by atoms with E-state index >= 15 is 0 Å². The maximum atomic E-state index is 12.5. The minimum atomic E-state index is -0.821. The van der Waals surface area contributed by atoms with E-state index in [0.717, 1.165) is 8.47 Å². The van der Waals surface area contributed by atoms with Crippen molar-refractivity contribution in [1.29, 1.82) is 0 Å². The first-order valence-corrected chi connectivity index (χ1v) is 9.03. The van der Waals surface area contributed by atoms with Crippen LogP contribution in [0.25, 0.3) is 0 Å². The predicted molar refractivity (Wildman–Crippen MR) is 105 cm³/mol. The Balaban J connectivity index is 3.25. The Morgan fingerprint density at radius 2 is 1.43 bits per heavy atom. The van der Waals surface area contributed by atoms with Gasteiger partial charge < -0.3 is 9.47 Å². The van der Waals surface area contributed by atoms with E-state index in [1.54, 1.807) is 47.7 Å². The van der Waals surface area contributed by atoms with E-state index in [4.69, 9.17) is 9.47 Å². The van der Waals surface area contributed by atoms with Crippen molar-refractivity contribution in [2.45, 2.75) is 52.7 Å². The van der Waals surface area contributed by atoms with E-state index < -0.39 is 23.4 Å². The van der Waals surface area contributed by atoms with Crippen LogP contribution in [0, 0.1) is 7.14 Å². The SMILES string of the molecule is CC(C)(C)OC(=O)N(C(=O)OC(C)(C)C)c1ncc(I)cc1I. The fourth-order valence-corrected chi connectivity index (χ4v) is 3.20. The van der Waals surface area contributed by atoms with E-state index in [0.29, 0.717) is 3.57 Å². The highest BCUT2D eigenvalue weighted by molar-refractivity contribution is 14.1. The monoisotopic (exact) mass is 546 g/mol. The first-order chi connectivity index (χ1) is 10.3. The number of ether oxygens (including phenoxy) is 2. The Labute approximate surface area is 163 Å². The van der Waals surface area contributed by atoms with Crippen LogP contribution in [0.15, 0.2) is 12.3 Å². The molecule has 0 unspecified atom stereocenters. The number of nitrogens with zero attached hydrogens (tertiary/aromatic N) is 2. The lowest BCUT2D eigenvalue weighted by molar-refractivity contribution is 0.0428. The maximum Gasteiger partial charge on any atom is 0.425 e. The van der Waals surface area contributed by atoms with Crippen molar-refractivity contribution >= 4 is 63.2 Å². The largest absolute Gasteiger partial charge is 0.443 e. The molecule has 0 radical (unpaired) electrons. The van der Waals surface area contributed by atoms with E-state index in [1.807, 2.05) is 28.7 Å². The van der Waals surface area contributed by atoms with Crippen LogP contribution in [0.2, 0.25) is 0 Å². The fourth-order valence-electron chi connectivity index (χ4n) is 1.43. The first kappa shape index (κ1) is 20.4. The van der Waals surface area contributed by atoms with Crippen LogP contribution in [0.3, 0.4) is 0 Å². The number of hydrogen-bond acceptors (Lipinski definition) is 5. The second-order valence-electron chi connectivity index (χ2n) is 6.76. The summed E-state index contributed by atoms with van der Waals surface area (Å²) in [5.74, 6) is 0.189. The molecule has 1 rings (SSSR count). The molecule has 0 saturated carbocycles. The standard InChI is InChI=1S/C15H20I2N2O4/c1-14(2,3)22-12(20)19(13(21)23-15(4,5)6)11-10(17)7-9(16)8-18-11/h7-8H,1-6H3. The summed E-state index contributed by atoms with van der Waals surface area (Å²) in [4.78, 5) is 30.0. The lowest BCUT2D eigenvalue weighted by Gasteiger charge is -2.28. The number of amides is 2. The normalized spacial score (nSPS) is 11.8. The number of carbonyl (C=O) groups excluding carboxylic acids is 2. The molecule has 0 spiro atoms. The average molecular weight is 546 g/mol. The molecule has 0 atom stereocenters. The molecule has 1 aromatic rings. The fraction of sp³-hybridized carbons (Fsp3) is 0.533. The van der Waals surface area contributed by atoms with Crippen molar-refractivity contribution in [2.75, 3.05) is 4.90 Å². The van der Waals surface area contributed by atoms with Crippen molar-refractivity contribution in [3.8, 4) is 0 Å². The highest BCUT2D eigenvalue weighted by atomic mass is 127. The Morgan fingerprint density at radius 3 is 1.78 bits per heavy atom. The Bertz CT molecular complexity index is 578. The third-order valence-electron chi connectivity index (χ3n) is 2.15. The number of pyridine rings is 1. The molecule has 0 aliphatic carbocycles. The van der Waals surface area contributed by atoms with E-state index in [1.165, 1.54) is 0 Å². The molecule has 0 aliphatic rings. The molecule has 0 aromatic carbocycles. The van der Waals surface area contributed by atoms with Crippen LogP contribution in [-0.2, 0) is 9.47 Å². The van der Waals surface area contributed by atoms with Crippen molar-refractivity contribution in [1.82, 2.24) is 4.98 Å². The van der Waals surface area contributed by atoms with Gasteiger partial charge in [0.05, 0.1) is 3.57 Å². The van der Waals surface area contributed by atoms with Crippen LogP contribution >= 0.6 is 45.2 Å². The molecule has 2 amide bonds. The van der Waals surface area contributed by atoms with Crippen molar-refractivity contribution < 1.29 is 19.1 Å². The maximum absolute atomic E-state index is 12.5.